The van der Waals surface area contributed by atoms with Gasteiger partial charge in [0.1, 0.15) is 19.8 Å². The van der Waals surface area contributed by atoms with Crippen molar-refractivity contribution in [3.8, 4) is 0 Å². The molecule has 0 aromatic rings. The van der Waals surface area contributed by atoms with Crippen molar-refractivity contribution in [2.24, 2.45) is 0 Å². The first-order chi connectivity index (χ1) is 27.0. The summed E-state index contributed by atoms with van der Waals surface area (Å²) in [6.07, 6.45) is 48.9. The van der Waals surface area contributed by atoms with Crippen LogP contribution in [0.15, 0.2) is 97.2 Å². The average Bonchev–Trinajstić information content (AvgIpc) is 3.15. The van der Waals surface area contributed by atoms with Gasteiger partial charge in [-0.05, 0) is 89.9 Å². The van der Waals surface area contributed by atoms with Crippen LogP contribution in [0.25, 0.3) is 0 Å². The van der Waals surface area contributed by atoms with Crippen molar-refractivity contribution in [2.75, 3.05) is 47.5 Å². The number of hydrogen-bond acceptors (Lipinski definition) is 7. The fraction of sp³-hybridized carbons (Fsp3) is 0.609. The number of ether oxygens (including phenoxy) is 2. The molecule has 0 aliphatic rings. The molecule has 56 heavy (non-hydrogen) atoms. The van der Waals surface area contributed by atoms with Crippen LogP contribution >= 0.6 is 7.82 Å². The number of hydrogen-bond donors (Lipinski definition) is 1. The highest BCUT2D eigenvalue weighted by Gasteiger charge is 2.27. The number of quaternary nitrogens is 1. The highest BCUT2D eigenvalue weighted by atomic mass is 31.2. The smallest absolute Gasteiger partial charge is 0.462 e. The van der Waals surface area contributed by atoms with Crippen LogP contribution in [0.3, 0.4) is 0 Å². The zero-order valence-electron chi connectivity index (χ0n) is 35.6. The number of phosphoric ester groups is 1. The molecule has 0 spiro atoms. The zero-order chi connectivity index (χ0) is 41.4. The van der Waals surface area contributed by atoms with Crippen molar-refractivity contribution in [1.29, 1.82) is 0 Å². The number of esters is 2. The minimum absolute atomic E-state index is 0.0140. The minimum atomic E-state index is -4.40. The monoisotopic (exact) mass is 803 g/mol. The normalized spacial score (nSPS) is 14.6. The number of nitrogens with zero attached hydrogens (tertiary/aromatic N) is 1. The molecule has 0 saturated heterocycles. The molecular formula is C46H77NO8P+. The third kappa shape index (κ3) is 40.6. The van der Waals surface area contributed by atoms with Crippen LogP contribution in [0.2, 0.25) is 0 Å². The van der Waals surface area contributed by atoms with E-state index in [0.29, 0.717) is 23.9 Å². The first kappa shape index (κ1) is 52.9. The summed E-state index contributed by atoms with van der Waals surface area (Å²) < 4.78 is 34.2. The third-order valence-electron chi connectivity index (χ3n) is 8.11. The van der Waals surface area contributed by atoms with Crippen LogP contribution in [0.1, 0.15) is 129 Å². The van der Waals surface area contributed by atoms with Crippen LogP contribution in [-0.4, -0.2) is 74.9 Å². The molecule has 0 amide bonds. The zero-order valence-corrected chi connectivity index (χ0v) is 36.5. The van der Waals surface area contributed by atoms with E-state index >= 15 is 0 Å². The van der Waals surface area contributed by atoms with Crippen LogP contribution in [0.4, 0.5) is 0 Å². The Bertz CT molecular complexity index is 1270. The van der Waals surface area contributed by atoms with Gasteiger partial charge < -0.3 is 18.9 Å². The summed E-state index contributed by atoms with van der Waals surface area (Å²) >= 11 is 0. The summed E-state index contributed by atoms with van der Waals surface area (Å²) in [5, 5.41) is 0. The minimum Gasteiger partial charge on any atom is -0.462 e. The Morgan fingerprint density at radius 1 is 0.554 bits per heavy atom. The highest BCUT2D eigenvalue weighted by Crippen LogP contribution is 2.43. The fourth-order valence-electron chi connectivity index (χ4n) is 4.88. The molecule has 0 aromatic heterocycles. The summed E-state index contributed by atoms with van der Waals surface area (Å²) in [4.78, 5) is 35.3. The lowest BCUT2D eigenvalue weighted by atomic mass is 10.1. The lowest BCUT2D eigenvalue weighted by Gasteiger charge is -2.24. The second-order valence-electron chi connectivity index (χ2n) is 14.6. The van der Waals surface area contributed by atoms with Gasteiger partial charge in [0, 0.05) is 12.8 Å². The summed E-state index contributed by atoms with van der Waals surface area (Å²) in [6, 6.07) is 0. The Morgan fingerprint density at radius 3 is 1.39 bits per heavy atom. The number of allylic oxidation sites excluding steroid dienone is 16. The van der Waals surface area contributed by atoms with Gasteiger partial charge in [-0.25, -0.2) is 4.57 Å². The van der Waals surface area contributed by atoms with Crippen LogP contribution in [0.5, 0.6) is 0 Å². The van der Waals surface area contributed by atoms with Crippen molar-refractivity contribution >= 4 is 19.8 Å². The van der Waals surface area contributed by atoms with Crippen LogP contribution in [-0.2, 0) is 32.7 Å². The molecule has 0 fully saturated rings. The van der Waals surface area contributed by atoms with Gasteiger partial charge in [0.2, 0.25) is 0 Å². The van der Waals surface area contributed by atoms with Gasteiger partial charge >= 0.3 is 19.8 Å². The Hall–Kier alpha value is -3.07. The van der Waals surface area contributed by atoms with E-state index in [9.17, 15) is 19.0 Å². The summed E-state index contributed by atoms with van der Waals surface area (Å²) in [7, 11) is 1.42. The predicted octanol–water partition coefficient (Wildman–Crippen LogP) is 11.8. The molecule has 2 atom stereocenters. The molecule has 10 heteroatoms. The van der Waals surface area contributed by atoms with Crippen molar-refractivity contribution in [1.82, 2.24) is 0 Å². The van der Waals surface area contributed by atoms with Gasteiger partial charge in [-0.2, -0.15) is 0 Å². The Balaban J connectivity index is 4.52. The van der Waals surface area contributed by atoms with E-state index in [1.165, 1.54) is 0 Å². The second-order valence-corrected chi connectivity index (χ2v) is 16.1. The topological polar surface area (TPSA) is 108 Å². The van der Waals surface area contributed by atoms with Crippen molar-refractivity contribution < 1.29 is 42.1 Å². The number of phosphoric acid groups is 1. The Labute approximate surface area is 341 Å². The maximum absolute atomic E-state index is 12.7. The Morgan fingerprint density at radius 2 is 0.964 bits per heavy atom. The molecule has 9 nitrogen and oxygen atoms in total. The quantitative estimate of drug-likeness (QED) is 0.0219. The molecular weight excluding hydrogens is 725 g/mol. The first-order valence-corrected chi connectivity index (χ1v) is 22.5. The summed E-state index contributed by atoms with van der Waals surface area (Å²) in [5.74, 6) is -0.884. The predicted molar refractivity (Wildman–Crippen MR) is 233 cm³/mol. The molecule has 1 N–H and O–H groups in total. The van der Waals surface area contributed by atoms with Crippen molar-refractivity contribution in [2.45, 2.75) is 136 Å². The SMILES string of the molecule is CC/C=C\C/C=C\C/C=C\C/C=C\C/C=C\CCCCCC(=O)OC(COC(=O)CCCCC/C=C\C/C=C\C/C=C\CC)COP(=O)(O)OCC[N+](C)(C)C. The molecule has 0 aliphatic carbocycles. The van der Waals surface area contributed by atoms with E-state index in [4.69, 9.17) is 18.5 Å². The van der Waals surface area contributed by atoms with E-state index in [0.717, 1.165) is 89.9 Å². The maximum atomic E-state index is 12.7. The van der Waals surface area contributed by atoms with E-state index in [2.05, 4.69) is 111 Å². The van der Waals surface area contributed by atoms with Gasteiger partial charge in [0.25, 0.3) is 0 Å². The lowest BCUT2D eigenvalue weighted by Crippen LogP contribution is -2.37. The Kier molecular flexibility index (Phi) is 35.4. The van der Waals surface area contributed by atoms with Crippen molar-refractivity contribution in [3.05, 3.63) is 97.2 Å². The lowest BCUT2D eigenvalue weighted by molar-refractivity contribution is -0.870. The third-order valence-corrected chi connectivity index (χ3v) is 9.09. The molecule has 0 bridgehead atoms. The van der Waals surface area contributed by atoms with E-state index < -0.39 is 32.5 Å². The summed E-state index contributed by atoms with van der Waals surface area (Å²) in [6.45, 7) is 4.08. The van der Waals surface area contributed by atoms with Gasteiger partial charge in [-0.15, -0.1) is 0 Å². The van der Waals surface area contributed by atoms with Gasteiger partial charge in [0.15, 0.2) is 6.10 Å². The molecule has 0 saturated carbocycles. The first-order valence-electron chi connectivity index (χ1n) is 21.0. The second kappa shape index (κ2) is 37.5. The highest BCUT2D eigenvalue weighted by molar-refractivity contribution is 7.47. The molecule has 0 rings (SSSR count). The van der Waals surface area contributed by atoms with Gasteiger partial charge in [0.05, 0.1) is 27.7 Å². The number of likely N-dealkylation sites (N-methyl/N-ethyl adjacent to an activating group) is 1. The number of carbonyl (C=O) groups is 2. The molecule has 0 heterocycles. The molecule has 0 aliphatic heterocycles. The number of unbranched alkanes of at least 4 members (excludes halogenated alkanes) is 6. The fourth-order valence-corrected chi connectivity index (χ4v) is 5.62. The number of rotatable bonds is 36. The maximum Gasteiger partial charge on any atom is 0.472 e. The molecule has 318 valence electrons. The largest absolute Gasteiger partial charge is 0.472 e. The molecule has 0 radical (unpaired) electrons. The van der Waals surface area contributed by atoms with Crippen LogP contribution < -0.4 is 0 Å². The molecule has 0 aromatic carbocycles. The summed E-state index contributed by atoms with van der Waals surface area (Å²) in [5.41, 5.74) is 0. The average molecular weight is 803 g/mol. The van der Waals surface area contributed by atoms with Crippen LogP contribution in [0, 0.1) is 0 Å². The standard InChI is InChI=1S/C46H76NO8P/c1-6-8-10-12-14-16-18-20-21-22-23-24-25-27-29-31-33-35-37-39-46(49)55-44(43-54-56(50,51)53-41-40-47(3,4)5)42-52-45(48)38-36-34-32-30-28-26-19-17-15-13-11-9-7-2/h8-11,14-17,20-21,23-24,26-29,44H,6-7,12-13,18-19,22,25,30-43H2,1-5H3/p+1/b10-8-,11-9-,16-14-,17-15-,21-20-,24-23-,28-26-,29-27-. The van der Waals surface area contributed by atoms with E-state index in [1.807, 2.05) is 21.1 Å². The van der Waals surface area contributed by atoms with Crippen molar-refractivity contribution in [3.63, 3.8) is 0 Å². The van der Waals surface area contributed by atoms with Gasteiger partial charge in [-0.1, -0.05) is 124 Å². The van der Waals surface area contributed by atoms with E-state index in [1.54, 1.807) is 0 Å². The number of carbonyl (C=O) groups excluding carboxylic acids is 2. The van der Waals surface area contributed by atoms with Gasteiger partial charge in [-0.3, -0.25) is 18.6 Å². The molecule has 2 unspecified atom stereocenters. The van der Waals surface area contributed by atoms with E-state index in [-0.39, 0.29) is 26.1 Å².